The molecular formula is C17H17N3O3S3. The van der Waals surface area contributed by atoms with Gasteiger partial charge >= 0.3 is 0 Å². The van der Waals surface area contributed by atoms with Gasteiger partial charge < -0.3 is 5.32 Å². The Morgan fingerprint density at radius 2 is 1.88 bits per heavy atom. The van der Waals surface area contributed by atoms with E-state index in [9.17, 15) is 13.2 Å². The third-order valence-corrected chi connectivity index (χ3v) is 6.96. The number of nitrogens with one attached hydrogen (secondary N) is 2. The van der Waals surface area contributed by atoms with E-state index in [1.54, 1.807) is 22.7 Å². The lowest BCUT2D eigenvalue weighted by atomic mass is 10.2. The first-order valence-corrected chi connectivity index (χ1v) is 10.9. The third-order valence-electron chi connectivity index (χ3n) is 3.65. The maximum absolute atomic E-state index is 12.2. The monoisotopic (exact) mass is 407 g/mol. The molecule has 0 bridgehead atoms. The van der Waals surface area contributed by atoms with E-state index in [1.165, 1.54) is 31.3 Å². The molecule has 9 heteroatoms. The highest BCUT2D eigenvalue weighted by Gasteiger charge is 2.13. The number of sulfonamides is 1. The van der Waals surface area contributed by atoms with Crippen LogP contribution in [-0.2, 0) is 16.6 Å². The fraction of sp³-hybridized carbons (Fsp3) is 0.176. The van der Waals surface area contributed by atoms with Crippen LogP contribution in [0.4, 0.5) is 0 Å². The van der Waals surface area contributed by atoms with Crippen LogP contribution < -0.4 is 10.0 Å². The number of carbonyl (C=O) groups excluding carboxylic acids is 1. The Balaban J connectivity index is 1.63. The van der Waals surface area contributed by atoms with E-state index in [0.29, 0.717) is 12.1 Å². The Hall–Kier alpha value is -2.07. The van der Waals surface area contributed by atoms with Gasteiger partial charge in [0.1, 0.15) is 0 Å². The van der Waals surface area contributed by atoms with Crippen molar-refractivity contribution in [3.63, 3.8) is 0 Å². The summed E-state index contributed by atoms with van der Waals surface area (Å²) in [6, 6.07) is 9.79. The number of nitrogens with zero attached hydrogens (tertiary/aromatic N) is 1. The normalized spacial score (nSPS) is 11.5. The number of thiophene rings is 1. The first kappa shape index (κ1) is 18.7. The number of rotatable bonds is 6. The van der Waals surface area contributed by atoms with Crippen LogP contribution in [0.1, 0.15) is 20.2 Å². The zero-order valence-electron chi connectivity index (χ0n) is 14.1. The number of hydrogen-bond donors (Lipinski definition) is 2. The average Bonchev–Trinajstić information content (AvgIpc) is 3.28. The topological polar surface area (TPSA) is 88.2 Å². The number of aryl methyl sites for hydroxylation is 1. The van der Waals surface area contributed by atoms with Crippen LogP contribution in [0.5, 0.6) is 0 Å². The standard InChI is InChI=1S/C17H17N3O3S3/c1-11-20-15(10-24-11)16-8-5-13(25-16)9-19-17(21)12-3-6-14(7-4-12)26(22,23)18-2/h3-8,10,18H,9H2,1-2H3,(H,19,21). The summed E-state index contributed by atoms with van der Waals surface area (Å²) in [5.74, 6) is -0.252. The second-order valence-electron chi connectivity index (χ2n) is 5.43. The lowest BCUT2D eigenvalue weighted by Crippen LogP contribution is -2.23. The number of hydrogen-bond acceptors (Lipinski definition) is 6. The van der Waals surface area contributed by atoms with E-state index < -0.39 is 10.0 Å². The predicted molar refractivity (Wildman–Crippen MR) is 104 cm³/mol. The van der Waals surface area contributed by atoms with Crippen molar-refractivity contribution in [1.29, 1.82) is 0 Å². The van der Waals surface area contributed by atoms with Crippen molar-refractivity contribution in [3.05, 3.63) is 57.2 Å². The van der Waals surface area contributed by atoms with Crippen molar-refractivity contribution in [2.45, 2.75) is 18.4 Å². The quantitative estimate of drug-likeness (QED) is 0.657. The SMILES string of the molecule is CNS(=O)(=O)c1ccc(C(=O)NCc2ccc(-c3csc(C)n3)s2)cc1. The zero-order chi connectivity index (χ0) is 18.7. The number of benzene rings is 1. The minimum absolute atomic E-state index is 0.123. The maximum Gasteiger partial charge on any atom is 0.251 e. The fourth-order valence-corrected chi connectivity index (χ4v) is 4.59. The highest BCUT2D eigenvalue weighted by Crippen LogP contribution is 2.28. The number of aromatic nitrogens is 1. The summed E-state index contributed by atoms with van der Waals surface area (Å²) in [5.41, 5.74) is 1.36. The fourth-order valence-electron chi connectivity index (χ4n) is 2.26. The summed E-state index contributed by atoms with van der Waals surface area (Å²) >= 11 is 3.19. The number of thiazole rings is 1. The summed E-state index contributed by atoms with van der Waals surface area (Å²) in [5, 5.41) is 5.88. The second kappa shape index (κ2) is 7.67. The summed E-state index contributed by atoms with van der Waals surface area (Å²) in [6.45, 7) is 2.37. The molecule has 2 N–H and O–H groups in total. The van der Waals surface area contributed by atoms with E-state index in [-0.39, 0.29) is 10.8 Å². The average molecular weight is 408 g/mol. The lowest BCUT2D eigenvalue weighted by Gasteiger charge is -2.06. The van der Waals surface area contributed by atoms with Gasteiger partial charge in [0.05, 0.1) is 27.0 Å². The first-order chi connectivity index (χ1) is 12.4. The minimum Gasteiger partial charge on any atom is -0.347 e. The molecule has 0 saturated carbocycles. The molecule has 0 fully saturated rings. The van der Waals surface area contributed by atoms with Gasteiger partial charge in [-0.3, -0.25) is 4.79 Å². The lowest BCUT2D eigenvalue weighted by molar-refractivity contribution is 0.0951. The van der Waals surface area contributed by atoms with Crippen LogP contribution in [0.25, 0.3) is 10.6 Å². The Bertz CT molecular complexity index is 1020. The Labute approximate surface area is 160 Å². The molecule has 2 heterocycles. The predicted octanol–water partition coefficient (Wildman–Crippen LogP) is 3.02. The van der Waals surface area contributed by atoms with E-state index in [0.717, 1.165) is 20.5 Å². The summed E-state index contributed by atoms with van der Waals surface area (Å²) in [6.07, 6.45) is 0. The number of amides is 1. The molecular weight excluding hydrogens is 390 g/mol. The smallest absolute Gasteiger partial charge is 0.251 e. The van der Waals surface area contributed by atoms with Gasteiger partial charge in [-0.05, 0) is 50.4 Å². The Morgan fingerprint density at radius 1 is 1.15 bits per heavy atom. The van der Waals surface area contributed by atoms with E-state index in [2.05, 4.69) is 15.0 Å². The first-order valence-electron chi connectivity index (χ1n) is 7.72. The molecule has 0 radical (unpaired) electrons. The summed E-state index contributed by atoms with van der Waals surface area (Å²) < 4.78 is 25.6. The van der Waals surface area contributed by atoms with Gasteiger partial charge in [-0.1, -0.05) is 0 Å². The van der Waals surface area contributed by atoms with Crippen molar-refractivity contribution in [2.75, 3.05) is 7.05 Å². The van der Waals surface area contributed by atoms with Gasteiger partial charge in [-0.15, -0.1) is 22.7 Å². The van der Waals surface area contributed by atoms with Crippen LogP contribution in [-0.4, -0.2) is 26.4 Å². The molecule has 3 rings (SSSR count). The molecule has 3 aromatic rings. The molecule has 26 heavy (non-hydrogen) atoms. The van der Waals surface area contributed by atoms with Gasteiger partial charge in [0, 0.05) is 15.8 Å². The summed E-state index contributed by atoms with van der Waals surface area (Å²) in [7, 11) is -2.16. The van der Waals surface area contributed by atoms with E-state index in [1.807, 2.05) is 24.4 Å². The van der Waals surface area contributed by atoms with Gasteiger partial charge in [-0.2, -0.15) is 0 Å². The van der Waals surface area contributed by atoms with Crippen LogP contribution in [0.2, 0.25) is 0 Å². The number of carbonyl (C=O) groups is 1. The van der Waals surface area contributed by atoms with E-state index in [4.69, 9.17) is 0 Å². The van der Waals surface area contributed by atoms with Crippen LogP contribution in [0, 0.1) is 6.92 Å². The molecule has 1 amide bonds. The van der Waals surface area contributed by atoms with Crippen molar-refractivity contribution >= 4 is 38.6 Å². The molecule has 0 saturated heterocycles. The molecule has 0 aliphatic carbocycles. The van der Waals surface area contributed by atoms with E-state index >= 15 is 0 Å². The van der Waals surface area contributed by atoms with Crippen LogP contribution in [0.15, 0.2) is 46.7 Å². The van der Waals surface area contributed by atoms with Crippen molar-refractivity contribution < 1.29 is 13.2 Å². The van der Waals surface area contributed by atoms with Gasteiger partial charge in [-0.25, -0.2) is 18.1 Å². The van der Waals surface area contributed by atoms with Gasteiger partial charge in [0.25, 0.3) is 5.91 Å². The second-order valence-corrected chi connectivity index (χ2v) is 9.55. The minimum atomic E-state index is -3.50. The maximum atomic E-state index is 12.2. The highest BCUT2D eigenvalue weighted by molar-refractivity contribution is 7.89. The van der Waals surface area contributed by atoms with Crippen LogP contribution >= 0.6 is 22.7 Å². The molecule has 0 unspecified atom stereocenters. The molecule has 136 valence electrons. The molecule has 2 aromatic heterocycles. The highest BCUT2D eigenvalue weighted by atomic mass is 32.2. The Kier molecular flexibility index (Phi) is 5.52. The van der Waals surface area contributed by atoms with Gasteiger partial charge in [0.15, 0.2) is 0 Å². The summed E-state index contributed by atoms with van der Waals surface area (Å²) in [4.78, 5) is 18.9. The van der Waals surface area contributed by atoms with Crippen molar-refractivity contribution in [1.82, 2.24) is 15.0 Å². The molecule has 0 atom stereocenters. The molecule has 1 aromatic carbocycles. The van der Waals surface area contributed by atoms with Gasteiger partial charge in [0.2, 0.25) is 10.0 Å². The van der Waals surface area contributed by atoms with Crippen molar-refractivity contribution in [3.8, 4) is 10.6 Å². The zero-order valence-corrected chi connectivity index (χ0v) is 16.6. The molecule has 0 aliphatic heterocycles. The van der Waals surface area contributed by atoms with Crippen LogP contribution in [0.3, 0.4) is 0 Å². The molecule has 6 nitrogen and oxygen atoms in total. The third kappa shape index (κ3) is 4.18. The molecule has 0 spiro atoms. The van der Waals surface area contributed by atoms with Crippen molar-refractivity contribution in [2.24, 2.45) is 0 Å². The molecule has 0 aliphatic rings. The largest absolute Gasteiger partial charge is 0.347 e. The Morgan fingerprint density at radius 3 is 2.50 bits per heavy atom.